The largest absolute Gasteiger partial charge is 0.351 e. The summed E-state index contributed by atoms with van der Waals surface area (Å²) in [7, 11) is 0. The first-order chi connectivity index (χ1) is 10.1. The van der Waals surface area contributed by atoms with Gasteiger partial charge in [0.15, 0.2) is 5.17 Å². The molecule has 2 heterocycles. The minimum absolute atomic E-state index is 0.136. The van der Waals surface area contributed by atoms with Gasteiger partial charge in [0, 0.05) is 18.1 Å². The fourth-order valence-corrected chi connectivity index (χ4v) is 3.68. The van der Waals surface area contributed by atoms with Crippen LogP contribution in [0.2, 0.25) is 5.02 Å². The zero-order valence-corrected chi connectivity index (χ0v) is 13.5. The number of amides is 1. The number of likely N-dealkylation sites (tertiary alicyclic amines) is 1. The zero-order valence-electron chi connectivity index (χ0n) is 11.9. The van der Waals surface area contributed by atoms with Gasteiger partial charge in [-0.2, -0.15) is 4.99 Å². The normalized spacial score (nSPS) is 24.6. The number of hydrogen-bond donors (Lipinski definition) is 0. The van der Waals surface area contributed by atoms with Crippen molar-refractivity contribution >= 4 is 40.5 Å². The maximum Gasteiger partial charge on any atom is 0.286 e. The van der Waals surface area contributed by atoms with Crippen LogP contribution in [0.25, 0.3) is 6.08 Å². The minimum Gasteiger partial charge on any atom is -0.351 e. The number of thioether (sulfide) groups is 1. The Kier molecular flexibility index (Phi) is 4.36. The molecular weight excluding hydrogens is 304 g/mol. The fourth-order valence-electron chi connectivity index (χ4n) is 2.61. The molecule has 1 aromatic rings. The lowest BCUT2D eigenvalue weighted by molar-refractivity contribution is -0.113. The van der Waals surface area contributed by atoms with Crippen molar-refractivity contribution in [1.82, 2.24) is 4.90 Å². The van der Waals surface area contributed by atoms with Crippen molar-refractivity contribution in [3.05, 3.63) is 39.8 Å². The average Bonchev–Trinajstić information content (AvgIpc) is 2.83. The highest BCUT2D eigenvalue weighted by atomic mass is 35.5. The second-order valence-electron chi connectivity index (χ2n) is 5.56. The molecule has 1 fully saturated rings. The van der Waals surface area contributed by atoms with Crippen molar-refractivity contribution < 1.29 is 4.79 Å². The van der Waals surface area contributed by atoms with Crippen LogP contribution in [0.3, 0.4) is 0 Å². The molecule has 21 heavy (non-hydrogen) atoms. The maximum absolute atomic E-state index is 12.1. The first kappa shape index (κ1) is 14.7. The highest BCUT2D eigenvalue weighted by Gasteiger charge is 2.28. The lowest BCUT2D eigenvalue weighted by atomic mass is 10.0. The highest BCUT2D eigenvalue weighted by Crippen LogP contribution is 2.32. The van der Waals surface area contributed by atoms with Gasteiger partial charge in [-0.3, -0.25) is 4.79 Å². The molecule has 0 aliphatic carbocycles. The van der Waals surface area contributed by atoms with Gasteiger partial charge in [-0.1, -0.05) is 30.7 Å². The van der Waals surface area contributed by atoms with E-state index in [0.29, 0.717) is 15.8 Å². The van der Waals surface area contributed by atoms with Gasteiger partial charge in [-0.05, 0) is 54.3 Å². The summed E-state index contributed by atoms with van der Waals surface area (Å²) in [5, 5.41) is 1.55. The van der Waals surface area contributed by atoms with E-state index in [0.717, 1.165) is 23.8 Å². The Morgan fingerprint density at radius 3 is 2.86 bits per heavy atom. The first-order valence-corrected chi connectivity index (χ1v) is 8.34. The zero-order chi connectivity index (χ0) is 14.8. The number of nitrogens with zero attached hydrogens (tertiary/aromatic N) is 2. The van der Waals surface area contributed by atoms with Crippen LogP contribution in [0.15, 0.2) is 34.2 Å². The Labute approximate surface area is 134 Å². The Hall–Kier alpha value is -1.26. The molecule has 1 amide bonds. The molecule has 0 unspecified atom stereocenters. The van der Waals surface area contributed by atoms with Gasteiger partial charge in [0.2, 0.25) is 0 Å². The molecule has 3 nitrogen and oxygen atoms in total. The third-order valence-corrected chi connectivity index (χ3v) is 5.00. The van der Waals surface area contributed by atoms with E-state index in [1.165, 1.54) is 24.6 Å². The summed E-state index contributed by atoms with van der Waals surface area (Å²) >= 11 is 7.35. The minimum atomic E-state index is -0.136. The van der Waals surface area contributed by atoms with Crippen LogP contribution in [0.5, 0.6) is 0 Å². The highest BCUT2D eigenvalue weighted by molar-refractivity contribution is 8.18. The van der Waals surface area contributed by atoms with Gasteiger partial charge in [0.05, 0.1) is 4.91 Å². The van der Waals surface area contributed by atoms with Crippen molar-refractivity contribution in [2.45, 2.75) is 19.8 Å². The van der Waals surface area contributed by atoms with Crippen molar-refractivity contribution in [2.24, 2.45) is 10.9 Å². The number of carbonyl (C=O) groups excluding carboxylic acids is 1. The summed E-state index contributed by atoms with van der Waals surface area (Å²) in [5.41, 5.74) is 0.971. The van der Waals surface area contributed by atoms with E-state index in [4.69, 9.17) is 11.6 Å². The number of amidine groups is 1. The monoisotopic (exact) mass is 320 g/mol. The lowest BCUT2D eigenvalue weighted by Gasteiger charge is -2.31. The molecule has 110 valence electrons. The number of piperidine rings is 1. The Bertz CT molecular complexity index is 609. The van der Waals surface area contributed by atoms with E-state index >= 15 is 0 Å². The van der Waals surface area contributed by atoms with E-state index in [2.05, 4.69) is 16.8 Å². The van der Waals surface area contributed by atoms with E-state index in [1.54, 1.807) is 0 Å². The summed E-state index contributed by atoms with van der Waals surface area (Å²) < 4.78 is 0. The van der Waals surface area contributed by atoms with Crippen LogP contribution in [0.1, 0.15) is 25.3 Å². The summed E-state index contributed by atoms with van der Waals surface area (Å²) in [6, 6.07) is 7.46. The number of benzene rings is 1. The summed E-state index contributed by atoms with van der Waals surface area (Å²) in [4.78, 5) is 19.2. The molecule has 1 aromatic carbocycles. The number of hydrogen-bond acceptors (Lipinski definition) is 3. The topological polar surface area (TPSA) is 32.7 Å². The predicted molar refractivity (Wildman–Crippen MR) is 89.4 cm³/mol. The molecule has 2 aliphatic rings. The quantitative estimate of drug-likeness (QED) is 0.732. The van der Waals surface area contributed by atoms with E-state index in [-0.39, 0.29) is 5.91 Å². The van der Waals surface area contributed by atoms with E-state index in [1.807, 2.05) is 30.3 Å². The Morgan fingerprint density at radius 2 is 2.14 bits per heavy atom. The van der Waals surface area contributed by atoms with E-state index < -0.39 is 0 Å². The number of halogens is 1. The van der Waals surface area contributed by atoms with Crippen LogP contribution < -0.4 is 0 Å². The molecule has 0 bridgehead atoms. The molecular formula is C16H17ClN2OS. The Balaban J connectivity index is 1.73. The summed E-state index contributed by atoms with van der Waals surface area (Å²) in [6.45, 7) is 4.24. The van der Waals surface area contributed by atoms with Crippen molar-refractivity contribution in [3.63, 3.8) is 0 Å². The van der Waals surface area contributed by atoms with E-state index in [9.17, 15) is 4.79 Å². The van der Waals surface area contributed by atoms with Crippen molar-refractivity contribution in [1.29, 1.82) is 0 Å². The summed E-state index contributed by atoms with van der Waals surface area (Å²) in [5.74, 6) is 0.532. The third kappa shape index (κ3) is 3.50. The molecule has 0 N–H and O–H groups in total. The smallest absolute Gasteiger partial charge is 0.286 e. The van der Waals surface area contributed by atoms with Crippen LogP contribution >= 0.6 is 23.4 Å². The molecule has 5 heteroatoms. The number of aliphatic imine (C=N–C) groups is 1. The standard InChI is InChI=1S/C16H17ClN2OS/c1-11-3-2-8-19(10-11)16-18-15(20)14(21-16)9-12-4-6-13(17)7-5-12/h4-7,9,11H,2-3,8,10H2,1H3/b14-9+/t11-/m1/s1. The molecule has 0 spiro atoms. The molecule has 0 aromatic heterocycles. The van der Waals surface area contributed by atoms with Crippen LogP contribution in [0.4, 0.5) is 0 Å². The van der Waals surface area contributed by atoms with Crippen LogP contribution in [-0.2, 0) is 4.79 Å². The molecule has 0 saturated carbocycles. The van der Waals surface area contributed by atoms with Crippen molar-refractivity contribution in [3.8, 4) is 0 Å². The van der Waals surface area contributed by atoms with Gasteiger partial charge in [-0.25, -0.2) is 0 Å². The summed E-state index contributed by atoms with van der Waals surface area (Å²) in [6.07, 6.45) is 4.31. The second kappa shape index (κ2) is 6.24. The number of carbonyl (C=O) groups is 1. The maximum atomic E-state index is 12.1. The molecule has 0 radical (unpaired) electrons. The van der Waals surface area contributed by atoms with Gasteiger partial charge in [0.1, 0.15) is 0 Å². The number of rotatable bonds is 1. The van der Waals surface area contributed by atoms with Crippen LogP contribution in [0, 0.1) is 5.92 Å². The Morgan fingerprint density at radius 1 is 1.38 bits per heavy atom. The SMILES string of the molecule is C[C@@H]1CCCN(C2=NC(=O)/C(=C\c3ccc(Cl)cc3)S2)C1. The van der Waals surface area contributed by atoms with Gasteiger partial charge in [0.25, 0.3) is 5.91 Å². The molecule has 1 saturated heterocycles. The molecule has 2 aliphatic heterocycles. The first-order valence-electron chi connectivity index (χ1n) is 7.15. The van der Waals surface area contributed by atoms with Gasteiger partial charge >= 0.3 is 0 Å². The lowest BCUT2D eigenvalue weighted by Crippen LogP contribution is -2.37. The van der Waals surface area contributed by atoms with Crippen molar-refractivity contribution in [2.75, 3.05) is 13.1 Å². The molecule has 3 rings (SSSR count). The third-order valence-electron chi connectivity index (χ3n) is 3.70. The van der Waals surface area contributed by atoms with Gasteiger partial charge < -0.3 is 4.90 Å². The average molecular weight is 321 g/mol. The second-order valence-corrected chi connectivity index (χ2v) is 7.00. The van der Waals surface area contributed by atoms with Gasteiger partial charge in [-0.15, -0.1) is 0 Å². The molecule has 1 atom stereocenters. The van der Waals surface area contributed by atoms with Crippen LogP contribution in [-0.4, -0.2) is 29.1 Å². The predicted octanol–water partition coefficient (Wildman–Crippen LogP) is 4.04. The fraction of sp³-hybridized carbons (Fsp3) is 0.375.